The third-order valence-electron chi connectivity index (χ3n) is 9.90. The molecule has 11 nitrogen and oxygen atoms in total. The molecule has 0 radical (unpaired) electrons. The van der Waals surface area contributed by atoms with E-state index in [9.17, 15) is 4.79 Å². The molecule has 0 saturated heterocycles. The summed E-state index contributed by atoms with van der Waals surface area (Å²) in [6.45, 7) is 3.24. The number of hydrogen-bond acceptors (Lipinski definition) is 8. The van der Waals surface area contributed by atoms with Crippen molar-refractivity contribution in [2.75, 3.05) is 0 Å². The molecule has 3 heterocycles. The summed E-state index contributed by atoms with van der Waals surface area (Å²) in [7, 11) is 0. The van der Waals surface area contributed by atoms with Gasteiger partial charge < -0.3 is 0 Å². The molecular formula is C39H38N10O. The number of carbonyl (C=O) groups is 1. The van der Waals surface area contributed by atoms with Crippen LogP contribution in [-0.2, 0) is 17.9 Å². The van der Waals surface area contributed by atoms with Gasteiger partial charge in [0.15, 0.2) is 5.82 Å². The van der Waals surface area contributed by atoms with E-state index in [2.05, 4.69) is 110 Å². The molecule has 2 aliphatic rings. The summed E-state index contributed by atoms with van der Waals surface area (Å²) in [5.74, 6) is 2.40. The topological polar surface area (TPSA) is 131 Å². The fourth-order valence-corrected chi connectivity index (χ4v) is 7.27. The Morgan fingerprint density at radius 3 is 2.00 bits per heavy atom. The minimum Gasteiger partial charge on any atom is -0.294 e. The molecular weight excluding hydrogens is 624 g/mol. The van der Waals surface area contributed by atoms with Crippen LogP contribution >= 0.6 is 0 Å². The van der Waals surface area contributed by atoms with E-state index >= 15 is 0 Å². The predicted octanol–water partition coefficient (Wildman–Crippen LogP) is 7.15. The molecule has 1 spiro atoms. The highest BCUT2D eigenvalue weighted by molar-refractivity contribution is 6.08. The standard InChI is InChI=1S/C39H38N10O/c1-2-3-14-35-40-39(23-8-9-24-39)38(50)48(35)25-27-15-19-30(20-16-27)32-11-5-7-13-34(32)37-43-46-47-49(37)26-28-17-21-29(22-18-28)31-10-4-6-12-33(31)36-41-44-45-42-36/h4-7,10-13,15-22H,2-3,8-9,14,23-26H2,1H3,(H,41,42,44,45). The Labute approximate surface area is 290 Å². The molecule has 1 N–H and O–H groups in total. The third kappa shape index (κ3) is 5.99. The normalized spacial score (nSPS) is 15.3. The van der Waals surface area contributed by atoms with Gasteiger partial charge in [-0.1, -0.05) is 123 Å². The van der Waals surface area contributed by atoms with Crippen LogP contribution in [0.4, 0.5) is 0 Å². The van der Waals surface area contributed by atoms with Crippen molar-refractivity contribution in [3.05, 3.63) is 108 Å². The molecule has 11 heteroatoms. The number of rotatable bonds is 11. The summed E-state index contributed by atoms with van der Waals surface area (Å²) in [5.41, 5.74) is 7.67. The largest absolute Gasteiger partial charge is 0.294 e. The number of carbonyl (C=O) groups excluding carboxylic acids is 1. The first-order valence-electron chi connectivity index (χ1n) is 17.4. The van der Waals surface area contributed by atoms with Crippen LogP contribution in [0.1, 0.15) is 63.0 Å². The smallest absolute Gasteiger partial charge is 0.256 e. The van der Waals surface area contributed by atoms with Gasteiger partial charge >= 0.3 is 0 Å². The second kappa shape index (κ2) is 13.6. The van der Waals surface area contributed by atoms with Crippen molar-refractivity contribution in [1.82, 2.24) is 45.7 Å². The van der Waals surface area contributed by atoms with E-state index in [-0.39, 0.29) is 5.91 Å². The number of tetrazole rings is 2. The number of aliphatic imine (C=N–C) groups is 1. The Kier molecular flexibility index (Phi) is 8.54. The van der Waals surface area contributed by atoms with Crippen LogP contribution in [0.5, 0.6) is 0 Å². The highest BCUT2D eigenvalue weighted by atomic mass is 16.2. The van der Waals surface area contributed by atoms with Crippen molar-refractivity contribution in [3.63, 3.8) is 0 Å². The summed E-state index contributed by atoms with van der Waals surface area (Å²) >= 11 is 0. The molecule has 50 heavy (non-hydrogen) atoms. The summed E-state index contributed by atoms with van der Waals surface area (Å²) in [5, 5.41) is 27.5. The van der Waals surface area contributed by atoms with Crippen molar-refractivity contribution in [2.45, 2.75) is 70.5 Å². The lowest BCUT2D eigenvalue weighted by Gasteiger charge is -2.23. The number of unbranched alkanes of at least 4 members (excludes halogenated alkanes) is 1. The SMILES string of the molecule is CCCCC1=NC2(CCCC2)C(=O)N1Cc1ccc(-c2ccccc2-c2nnnn2Cc2ccc(-c3ccccc3-c3nn[nH]n3)cc2)cc1. The first kappa shape index (κ1) is 31.4. The molecule has 2 aromatic heterocycles. The number of hydrogen-bond donors (Lipinski definition) is 1. The predicted molar refractivity (Wildman–Crippen MR) is 192 cm³/mol. The fourth-order valence-electron chi connectivity index (χ4n) is 7.27. The van der Waals surface area contributed by atoms with Crippen molar-refractivity contribution in [1.29, 1.82) is 0 Å². The van der Waals surface area contributed by atoms with Crippen LogP contribution in [0.25, 0.3) is 45.0 Å². The van der Waals surface area contributed by atoms with E-state index in [0.29, 0.717) is 24.7 Å². The maximum Gasteiger partial charge on any atom is 0.256 e. The molecule has 0 unspecified atom stereocenters. The van der Waals surface area contributed by atoms with Crippen LogP contribution in [0, 0.1) is 0 Å². The lowest BCUT2D eigenvalue weighted by molar-refractivity contribution is -0.131. The zero-order chi connectivity index (χ0) is 33.9. The van der Waals surface area contributed by atoms with Gasteiger partial charge in [0.05, 0.1) is 13.1 Å². The average molecular weight is 663 g/mol. The molecule has 250 valence electrons. The van der Waals surface area contributed by atoms with Crippen LogP contribution in [0.15, 0.2) is 102 Å². The van der Waals surface area contributed by atoms with Crippen molar-refractivity contribution >= 4 is 11.7 Å². The number of aromatic amines is 1. The Morgan fingerprint density at radius 1 is 0.740 bits per heavy atom. The average Bonchev–Trinajstić information content (AvgIpc) is 3.99. The third-order valence-corrected chi connectivity index (χ3v) is 9.90. The summed E-state index contributed by atoms with van der Waals surface area (Å²) in [6, 6.07) is 33.1. The molecule has 1 amide bonds. The van der Waals surface area contributed by atoms with E-state index in [1.165, 1.54) is 0 Å². The van der Waals surface area contributed by atoms with Crippen molar-refractivity contribution in [2.24, 2.45) is 4.99 Å². The van der Waals surface area contributed by atoms with Crippen molar-refractivity contribution in [3.8, 4) is 45.0 Å². The second-order valence-electron chi connectivity index (χ2n) is 13.1. The number of nitrogens with zero attached hydrogens (tertiary/aromatic N) is 9. The molecule has 8 rings (SSSR count). The minimum atomic E-state index is -0.518. The van der Waals surface area contributed by atoms with E-state index in [0.717, 1.165) is 95.3 Å². The molecule has 1 saturated carbocycles. The fraction of sp³-hybridized carbons (Fsp3) is 0.282. The highest BCUT2D eigenvalue weighted by Crippen LogP contribution is 2.40. The van der Waals surface area contributed by atoms with Gasteiger partial charge in [-0.15, -0.1) is 15.3 Å². The van der Waals surface area contributed by atoms with Crippen LogP contribution in [-0.4, -0.2) is 63.0 Å². The first-order valence-corrected chi connectivity index (χ1v) is 17.4. The van der Waals surface area contributed by atoms with Gasteiger partial charge in [-0.2, -0.15) is 5.21 Å². The van der Waals surface area contributed by atoms with Crippen LogP contribution in [0.3, 0.4) is 0 Å². The zero-order valence-corrected chi connectivity index (χ0v) is 28.0. The molecule has 1 fully saturated rings. The Morgan fingerprint density at radius 2 is 1.36 bits per heavy atom. The molecule has 1 aliphatic carbocycles. The molecule has 4 aromatic carbocycles. The van der Waals surface area contributed by atoms with E-state index in [1.807, 2.05) is 39.9 Å². The van der Waals surface area contributed by atoms with E-state index in [1.54, 1.807) is 0 Å². The Bertz CT molecular complexity index is 2130. The Hall–Kier alpha value is -5.84. The van der Waals surface area contributed by atoms with E-state index < -0.39 is 5.54 Å². The second-order valence-corrected chi connectivity index (χ2v) is 13.1. The minimum absolute atomic E-state index is 0.186. The van der Waals surface area contributed by atoms with Crippen LogP contribution in [0.2, 0.25) is 0 Å². The van der Waals surface area contributed by atoms with Crippen LogP contribution < -0.4 is 0 Å². The van der Waals surface area contributed by atoms with Gasteiger partial charge in [-0.25, -0.2) is 4.68 Å². The lowest BCUT2D eigenvalue weighted by Crippen LogP contribution is -2.40. The monoisotopic (exact) mass is 662 g/mol. The molecule has 1 aliphatic heterocycles. The van der Waals surface area contributed by atoms with Crippen molar-refractivity contribution < 1.29 is 4.79 Å². The number of H-pyrrole nitrogens is 1. The van der Waals surface area contributed by atoms with Gasteiger partial charge in [0.2, 0.25) is 5.82 Å². The van der Waals surface area contributed by atoms with E-state index in [4.69, 9.17) is 4.99 Å². The van der Waals surface area contributed by atoms with Gasteiger partial charge in [-0.3, -0.25) is 14.7 Å². The number of aromatic nitrogens is 8. The number of nitrogens with one attached hydrogen (secondary N) is 1. The van der Waals surface area contributed by atoms with Gasteiger partial charge in [-0.05, 0) is 68.3 Å². The Balaban J connectivity index is 1.01. The lowest BCUT2D eigenvalue weighted by atomic mass is 9.97. The summed E-state index contributed by atoms with van der Waals surface area (Å²) in [6.07, 6.45) is 6.86. The highest BCUT2D eigenvalue weighted by Gasteiger charge is 2.49. The number of amides is 1. The van der Waals surface area contributed by atoms with Gasteiger partial charge in [0.1, 0.15) is 11.4 Å². The molecule has 0 atom stereocenters. The zero-order valence-electron chi connectivity index (χ0n) is 28.0. The quantitative estimate of drug-likeness (QED) is 0.156. The van der Waals surface area contributed by atoms with Gasteiger partial charge in [0, 0.05) is 17.5 Å². The summed E-state index contributed by atoms with van der Waals surface area (Å²) < 4.78 is 1.84. The van der Waals surface area contributed by atoms with Gasteiger partial charge in [0.25, 0.3) is 5.91 Å². The maximum absolute atomic E-state index is 13.7. The number of amidine groups is 1. The molecule has 6 aromatic rings. The number of benzene rings is 4. The first-order chi connectivity index (χ1) is 24.6. The maximum atomic E-state index is 13.7. The molecule has 0 bridgehead atoms. The summed E-state index contributed by atoms with van der Waals surface area (Å²) in [4.78, 5) is 20.7.